The van der Waals surface area contributed by atoms with Gasteiger partial charge in [0.15, 0.2) is 0 Å². The highest BCUT2D eigenvalue weighted by Gasteiger charge is 2.72. The van der Waals surface area contributed by atoms with Gasteiger partial charge in [-0.25, -0.2) is 0 Å². The van der Waals surface area contributed by atoms with Crippen LogP contribution in [-0.2, 0) is 133 Å². The number of hydrogen-bond acceptors (Lipinski definition) is 28. The minimum Gasteiger partial charge on any atom is -0.465 e. The lowest BCUT2D eigenvalue weighted by Gasteiger charge is -2.36. The van der Waals surface area contributed by atoms with Gasteiger partial charge in [-0.05, 0) is 146 Å². The Morgan fingerprint density at radius 3 is 1.28 bits per heavy atom. The van der Waals surface area contributed by atoms with Gasteiger partial charge in [-0.1, -0.05) is 94.0 Å². The van der Waals surface area contributed by atoms with Crippen LogP contribution in [0.15, 0.2) is 0 Å². The van der Waals surface area contributed by atoms with Gasteiger partial charge < -0.3 is 66.3 Å². The molecule has 0 aromatic heterocycles. The van der Waals surface area contributed by atoms with Crippen molar-refractivity contribution in [3.63, 3.8) is 0 Å². The number of rotatable bonds is 30. The van der Waals surface area contributed by atoms with Crippen LogP contribution >= 0.6 is 0 Å². The van der Waals surface area contributed by atoms with Gasteiger partial charge >= 0.3 is 83.6 Å². The molecule has 0 N–H and O–H groups in total. The molecule has 12 aliphatic rings. The molecule has 4 saturated heterocycles. The number of ether oxygens (including phenoxy) is 14. The second-order valence-corrected chi connectivity index (χ2v) is 33.9. The Morgan fingerprint density at radius 1 is 0.381 bits per heavy atom. The Kier molecular flexibility index (Phi) is 37.5. The van der Waals surface area contributed by atoms with Crippen LogP contribution in [0.25, 0.3) is 0 Å². The molecule has 4 heterocycles. The van der Waals surface area contributed by atoms with E-state index in [0.29, 0.717) is 38.5 Å². The summed E-state index contributed by atoms with van der Waals surface area (Å²) in [6, 6.07) is 0. The lowest BCUT2D eigenvalue weighted by molar-refractivity contribution is -0.180. The monoisotopic (exact) mass is 1610 g/mol. The molecule has 0 amide bonds. The summed E-state index contributed by atoms with van der Waals surface area (Å²) < 4.78 is 74.6. The molecule has 20 atom stereocenters. The Hall–Kier alpha value is -7.42. The highest BCUT2D eigenvalue weighted by Crippen LogP contribution is 2.64. The molecule has 0 radical (unpaired) electrons. The van der Waals surface area contributed by atoms with Crippen molar-refractivity contribution in [2.24, 2.45) is 92.2 Å². The van der Waals surface area contributed by atoms with Crippen molar-refractivity contribution in [2.75, 3.05) is 39.6 Å². The Balaban J connectivity index is 0.000000738. The lowest BCUT2D eigenvalue weighted by atomic mass is 9.79. The summed E-state index contributed by atoms with van der Waals surface area (Å²) in [5.41, 5.74) is -3.90. The van der Waals surface area contributed by atoms with Crippen LogP contribution in [0.5, 0.6) is 0 Å². The maximum atomic E-state index is 12.3. The van der Waals surface area contributed by atoms with Crippen molar-refractivity contribution in [3.05, 3.63) is 0 Å². The third-order valence-corrected chi connectivity index (χ3v) is 25.3. The van der Waals surface area contributed by atoms with E-state index in [1.54, 1.807) is 27.7 Å². The molecule has 20 unspecified atom stereocenters. The Labute approximate surface area is 672 Å². The number of hydrogen-bond donors (Lipinski definition) is 0. The molecule has 28 nitrogen and oxygen atoms in total. The van der Waals surface area contributed by atoms with Crippen LogP contribution in [0.4, 0.5) is 0 Å². The van der Waals surface area contributed by atoms with E-state index < -0.39 is 74.8 Å². The predicted octanol–water partition coefficient (Wildman–Crippen LogP) is 13.5. The van der Waals surface area contributed by atoms with Gasteiger partial charge in [0.2, 0.25) is 0 Å². The van der Waals surface area contributed by atoms with E-state index in [9.17, 15) is 67.1 Å². The van der Waals surface area contributed by atoms with Gasteiger partial charge in [0.25, 0.3) is 0 Å². The first kappa shape index (κ1) is 104. The fourth-order valence-electron chi connectivity index (χ4n) is 17.3. The van der Waals surface area contributed by atoms with Crippen molar-refractivity contribution >= 4 is 83.6 Å². The molecule has 8 aliphatic carbocycles. The first-order chi connectivity index (χ1) is 49.2. The fourth-order valence-corrected chi connectivity index (χ4v) is 17.3. The Bertz CT molecular complexity index is 3300. The number of fused-ring (bicyclic) bond motifs is 4. The van der Waals surface area contributed by atoms with Crippen LogP contribution < -0.4 is 0 Å². The van der Waals surface area contributed by atoms with Gasteiger partial charge in [0, 0.05) is 46.8 Å². The van der Waals surface area contributed by atoms with E-state index in [4.69, 9.17) is 66.3 Å². The van der Waals surface area contributed by atoms with E-state index >= 15 is 0 Å². The maximum absolute atomic E-state index is 12.3. The third-order valence-electron chi connectivity index (χ3n) is 25.3. The quantitative estimate of drug-likeness (QED) is 0.0366. The second kappa shape index (κ2) is 40.9. The molecule has 12 fully saturated rings. The van der Waals surface area contributed by atoms with E-state index in [-0.39, 0.29) is 286 Å². The topological polar surface area (TPSA) is 368 Å². The third kappa shape index (κ3) is 22.2. The smallest absolute Gasteiger partial charge is 0.311 e. The van der Waals surface area contributed by atoms with Crippen molar-refractivity contribution in [1.29, 1.82) is 0 Å². The Morgan fingerprint density at radius 2 is 0.788 bits per heavy atom. The van der Waals surface area contributed by atoms with E-state index in [1.165, 1.54) is 0 Å². The van der Waals surface area contributed by atoms with Crippen LogP contribution in [0, 0.1) is 92.2 Å². The predicted molar refractivity (Wildman–Crippen MR) is 415 cm³/mol. The summed E-state index contributed by atoms with van der Waals surface area (Å²) in [7, 11) is 0. The van der Waals surface area contributed by atoms with E-state index in [1.807, 2.05) is 69.2 Å². The van der Waals surface area contributed by atoms with Crippen molar-refractivity contribution in [1.82, 2.24) is 0 Å². The number of carbonyl (C=O) groups is 14. The van der Waals surface area contributed by atoms with Gasteiger partial charge in [-0.3, -0.25) is 67.1 Å². The molecule has 113 heavy (non-hydrogen) atoms. The molecule has 12 rings (SSSR count). The highest BCUT2D eigenvalue weighted by molar-refractivity contribution is 5.83. The zero-order valence-electron chi connectivity index (χ0n) is 63.7. The van der Waals surface area contributed by atoms with Crippen molar-refractivity contribution in [2.45, 2.75) is 327 Å². The molecule has 8 saturated carbocycles. The van der Waals surface area contributed by atoms with E-state index in [2.05, 4.69) is 6.92 Å². The summed E-state index contributed by atoms with van der Waals surface area (Å²) in [6.45, 7) is 27.7. The minimum atomic E-state index is -0.811. The molecule has 0 aromatic rings. The summed E-state index contributed by atoms with van der Waals surface area (Å²) >= 11 is 0. The zero-order chi connectivity index (χ0) is 77.3. The van der Waals surface area contributed by atoms with Gasteiger partial charge in [-0.15, -0.1) is 0 Å². The molecular formula is C85H142O28. The lowest BCUT2D eigenvalue weighted by Crippen LogP contribution is -2.47. The van der Waals surface area contributed by atoms with Gasteiger partial charge in [-0.2, -0.15) is 0 Å². The maximum Gasteiger partial charge on any atom is 0.311 e. The standard InChI is InChI=1S/C21H30O8.C20H28O8.2C18H26O6.8CH4/c1-5-20(2,3)19(25)27-9-8-26-15(22)6-7-16(23)29-21(4)12-10-13-14(11-12)18(24)28-17(13)21;1-4-20(2,3)19(24)26-8-7-25-14(21)5-6-15(22)27-16-11-9-12-13(10-11)18(23)28-17(12)16;1-5-17(2,3)16(21)22-7-6-12(19)23-14-13-10-8-18(14,4)9-11(10)15(20)24-13;1-5-17(2,3)16(21)22-7-6-13(19)23-14-10-8-11-12(9-10)18(14,4)24-15(11)20;;;;;;;;/h12-14,17H,5-11H2,1-4H3;11-13,16-17H,4-10H2,1-3H3;10-11,13-14H,5-9H2,1-4H3;10-12,14H,5-9H2,1-4H3;8*1H4. The highest BCUT2D eigenvalue weighted by atomic mass is 16.6. The van der Waals surface area contributed by atoms with Crippen LogP contribution in [0.1, 0.15) is 279 Å². The van der Waals surface area contributed by atoms with Crippen LogP contribution in [-0.4, -0.2) is 171 Å². The van der Waals surface area contributed by atoms with Crippen LogP contribution in [0.2, 0.25) is 0 Å². The minimum absolute atomic E-state index is 0. The van der Waals surface area contributed by atoms with E-state index in [0.717, 1.165) is 38.5 Å². The molecule has 28 heteroatoms. The fraction of sp³-hybridized carbons (Fsp3) is 0.835. The average molecular weight is 1610 g/mol. The van der Waals surface area contributed by atoms with Crippen molar-refractivity contribution in [3.8, 4) is 0 Å². The molecule has 650 valence electrons. The molecule has 8 bridgehead atoms. The second-order valence-electron chi connectivity index (χ2n) is 33.9. The largest absolute Gasteiger partial charge is 0.465 e. The van der Waals surface area contributed by atoms with Crippen LogP contribution in [0.3, 0.4) is 0 Å². The molecule has 0 spiro atoms. The summed E-state index contributed by atoms with van der Waals surface area (Å²) in [4.78, 5) is 167. The number of carbonyl (C=O) groups excluding carboxylic acids is 14. The number of esters is 14. The normalized spacial score (nSPS) is 31.2. The summed E-state index contributed by atoms with van der Waals surface area (Å²) in [6.07, 6.45) is 6.42. The summed E-state index contributed by atoms with van der Waals surface area (Å²) in [5.74, 6) is -3.88. The summed E-state index contributed by atoms with van der Waals surface area (Å²) in [5, 5.41) is 0. The molecule has 4 aliphatic heterocycles. The SMILES string of the molecule is C.C.C.C.C.C.C.C.CCC(C)(C)C(=O)OCCC(=O)OC1C2CC3C(=O)OC1(C)C3C2.CCC(C)(C)C(=O)OCCC(=O)OC1C2OC(=O)C3CC1(C)CC32.CCC(C)(C)C(=O)OCCOC(=O)CCC(=O)OC1(C)C2CC3C(=O)OC1C3C2.CCC(C)(C)C(=O)OCCOC(=O)CCC(=O)OC1C2CC3C(=O)OC1C3C2. The first-order valence-electron chi connectivity index (χ1n) is 37.8. The van der Waals surface area contributed by atoms with Gasteiger partial charge in [0.1, 0.15) is 87.5 Å². The first-order valence-corrected chi connectivity index (χ1v) is 37.8. The molecule has 0 aromatic carbocycles. The molecular weight excluding hydrogens is 1470 g/mol. The van der Waals surface area contributed by atoms with Gasteiger partial charge in [0.05, 0.1) is 83.9 Å². The zero-order valence-corrected chi connectivity index (χ0v) is 63.7. The van der Waals surface area contributed by atoms with Crippen molar-refractivity contribution < 1.29 is 133 Å². The average Bonchev–Trinajstić information content (AvgIpc) is 1.56.